The summed E-state index contributed by atoms with van der Waals surface area (Å²) in [6, 6.07) is 10.4. The Balaban J connectivity index is 1.82. The van der Waals surface area contributed by atoms with E-state index in [0.29, 0.717) is 5.69 Å². The summed E-state index contributed by atoms with van der Waals surface area (Å²) in [5, 5.41) is 11.2. The predicted molar refractivity (Wildman–Crippen MR) is 90.4 cm³/mol. The third-order valence-corrected chi connectivity index (χ3v) is 4.24. The topological polar surface area (TPSA) is 150 Å². The summed E-state index contributed by atoms with van der Waals surface area (Å²) in [4.78, 5) is 28.0. The first-order chi connectivity index (χ1) is 12.3. The summed E-state index contributed by atoms with van der Waals surface area (Å²) in [7, 11) is -3.90. The van der Waals surface area contributed by atoms with Gasteiger partial charge in [-0.1, -0.05) is 17.3 Å². The molecule has 0 saturated heterocycles. The summed E-state index contributed by atoms with van der Waals surface area (Å²) in [5.41, 5.74) is 0.577. The van der Waals surface area contributed by atoms with Crippen LogP contribution in [0.25, 0.3) is 11.5 Å². The third kappa shape index (κ3) is 3.84. The Hall–Kier alpha value is -3.31. The van der Waals surface area contributed by atoms with E-state index < -0.39 is 28.2 Å². The Labute approximate surface area is 147 Å². The van der Waals surface area contributed by atoms with Crippen molar-refractivity contribution < 1.29 is 17.7 Å². The minimum atomic E-state index is -3.90. The molecule has 0 unspecified atom stereocenters. The quantitative estimate of drug-likeness (QED) is 0.646. The number of hydrogen-bond donors (Lipinski definition) is 2. The molecule has 3 N–H and O–H groups in total. The predicted octanol–water partition coefficient (Wildman–Crippen LogP) is 0.184. The van der Waals surface area contributed by atoms with Crippen LogP contribution in [0.5, 0.6) is 0 Å². The molecular formula is C15H13N5O5S. The Morgan fingerprint density at radius 3 is 2.73 bits per heavy atom. The molecule has 1 amide bonds. The smallest absolute Gasteiger partial charge is 0.324 e. The highest BCUT2D eigenvalue weighted by Crippen LogP contribution is 2.15. The molecule has 0 fully saturated rings. The van der Waals surface area contributed by atoms with Crippen molar-refractivity contribution in [3.63, 3.8) is 0 Å². The van der Waals surface area contributed by atoms with Crippen LogP contribution in [0.4, 0.5) is 5.69 Å². The minimum Gasteiger partial charge on any atom is -0.324 e. The van der Waals surface area contributed by atoms with Gasteiger partial charge in [0.05, 0.1) is 4.90 Å². The van der Waals surface area contributed by atoms with Crippen molar-refractivity contribution in [1.82, 2.24) is 14.7 Å². The van der Waals surface area contributed by atoms with Gasteiger partial charge in [0.2, 0.25) is 21.8 Å². The molecule has 0 aliphatic heterocycles. The molecular weight excluding hydrogens is 362 g/mol. The lowest BCUT2D eigenvalue weighted by Gasteiger charge is -2.07. The highest BCUT2D eigenvalue weighted by Gasteiger charge is 2.17. The van der Waals surface area contributed by atoms with E-state index in [1.165, 1.54) is 30.5 Å². The molecule has 0 spiro atoms. The highest BCUT2D eigenvalue weighted by atomic mass is 32.2. The van der Waals surface area contributed by atoms with Crippen molar-refractivity contribution in [3.8, 4) is 11.5 Å². The SMILES string of the molecule is NS(=O)(=O)c1cccc(NC(=O)Cn2c(-c3ccccn3)noc2=O)c1. The number of aromatic nitrogens is 3. The maximum absolute atomic E-state index is 12.2. The van der Waals surface area contributed by atoms with Crippen LogP contribution in [0.3, 0.4) is 0 Å². The maximum Gasteiger partial charge on any atom is 0.442 e. The van der Waals surface area contributed by atoms with E-state index in [2.05, 4.69) is 20.0 Å². The number of nitrogens with zero attached hydrogens (tertiary/aromatic N) is 3. The van der Waals surface area contributed by atoms with Crippen LogP contribution in [0, 0.1) is 0 Å². The molecule has 0 aliphatic carbocycles. The number of amides is 1. The van der Waals surface area contributed by atoms with Gasteiger partial charge in [0.15, 0.2) is 0 Å². The number of primary sulfonamides is 1. The van der Waals surface area contributed by atoms with Gasteiger partial charge in [0, 0.05) is 11.9 Å². The number of nitrogens with one attached hydrogen (secondary N) is 1. The first-order valence-electron chi connectivity index (χ1n) is 7.25. The van der Waals surface area contributed by atoms with E-state index in [0.717, 1.165) is 4.57 Å². The number of carbonyl (C=O) groups is 1. The van der Waals surface area contributed by atoms with Gasteiger partial charge in [0.1, 0.15) is 12.2 Å². The number of anilines is 1. The molecule has 10 nitrogen and oxygen atoms in total. The average molecular weight is 375 g/mol. The fourth-order valence-corrected chi connectivity index (χ4v) is 2.74. The van der Waals surface area contributed by atoms with E-state index in [9.17, 15) is 18.0 Å². The van der Waals surface area contributed by atoms with E-state index in [1.54, 1.807) is 18.2 Å². The van der Waals surface area contributed by atoms with Gasteiger partial charge in [-0.05, 0) is 30.3 Å². The Morgan fingerprint density at radius 2 is 2.04 bits per heavy atom. The fourth-order valence-electron chi connectivity index (χ4n) is 2.18. The standard InChI is InChI=1S/C15H13N5O5S/c16-26(23,24)11-5-3-4-10(8-11)18-13(21)9-20-14(19-25-15(20)22)12-6-1-2-7-17-12/h1-8H,9H2,(H,18,21)(H2,16,23,24). The second-order valence-electron chi connectivity index (χ2n) is 5.19. The highest BCUT2D eigenvalue weighted by molar-refractivity contribution is 7.89. The molecule has 0 atom stereocenters. The summed E-state index contributed by atoms with van der Waals surface area (Å²) in [6.07, 6.45) is 1.51. The molecule has 134 valence electrons. The summed E-state index contributed by atoms with van der Waals surface area (Å²) >= 11 is 0. The molecule has 0 saturated carbocycles. The number of sulfonamides is 1. The zero-order valence-corrected chi connectivity index (χ0v) is 14.0. The van der Waals surface area contributed by atoms with Gasteiger partial charge < -0.3 is 5.32 Å². The molecule has 2 heterocycles. The van der Waals surface area contributed by atoms with E-state index in [1.807, 2.05) is 0 Å². The second kappa shape index (κ2) is 6.90. The number of pyridine rings is 1. The monoisotopic (exact) mass is 375 g/mol. The van der Waals surface area contributed by atoms with Gasteiger partial charge in [-0.15, -0.1) is 0 Å². The average Bonchev–Trinajstić information content (AvgIpc) is 2.96. The molecule has 0 aliphatic rings. The molecule has 11 heteroatoms. The summed E-state index contributed by atoms with van der Waals surface area (Å²) in [6.45, 7) is -0.395. The maximum atomic E-state index is 12.2. The lowest BCUT2D eigenvalue weighted by molar-refractivity contribution is -0.116. The lowest BCUT2D eigenvalue weighted by Crippen LogP contribution is -2.25. The number of benzene rings is 1. The molecule has 26 heavy (non-hydrogen) atoms. The van der Waals surface area contributed by atoms with Gasteiger partial charge in [-0.3, -0.25) is 14.3 Å². The van der Waals surface area contributed by atoms with Crippen molar-refractivity contribution in [2.75, 3.05) is 5.32 Å². The van der Waals surface area contributed by atoms with Crippen LogP contribution in [0.1, 0.15) is 0 Å². The third-order valence-electron chi connectivity index (χ3n) is 3.33. The Kier molecular flexibility index (Phi) is 4.65. The molecule has 0 bridgehead atoms. The van der Waals surface area contributed by atoms with Crippen LogP contribution in [0.2, 0.25) is 0 Å². The van der Waals surface area contributed by atoms with Gasteiger partial charge in [-0.2, -0.15) is 0 Å². The molecule has 1 aromatic carbocycles. The second-order valence-corrected chi connectivity index (χ2v) is 6.76. The molecule has 3 rings (SSSR count). The van der Waals surface area contributed by atoms with Crippen LogP contribution < -0.4 is 16.2 Å². The normalized spacial score (nSPS) is 11.3. The van der Waals surface area contributed by atoms with E-state index in [4.69, 9.17) is 5.14 Å². The fraction of sp³-hybridized carbons (Fsp3) is 0.0667. The first kappa shape index (κ1) is 17.5. The van der Waals surface area contributed by atoms with Gasteiger partial charge in [-0.25, -0.2) is 22.9 Å². The Bertz CT molecular complexity index is 1100. The van der Waals surface area contributed by atoms with E-state index in [-0.39, 0.29) is 16.4 Å². The zero-order valence-electron chi connectivity index (χ0n) is 13.2. The number of rotatable bonds is 5. The van der Waals surface area contributed by atoms with Crippen LogP contribution in [-0.4, -0.2) is 29.0 Å². The van der Waals surface area contributed by atoms with Crippen molar-refractivity contribution in [3.05, 3.63) is 59.2 Å². The largest absolute Gasteiger partial charge is 0.442 e. The molecule has 3 aromatic rings. The van der Waals surface area contributed by atoms with E-state index >= 15 is 0 Å². The number of nitrogens with two attached hydrogens (primary N) is 1. The van der Waals surface area contributed by atoms with Crippen LogP contribution in [-0.2, 0) is 21.4 Å². The minimum absolute atomic E-state index is 0.101. The van der Waals surface area contributed by atoms with Gasteiger partial charge >= 0.3 is 5.76 Å². The van der Waals surface area contributed by atoms with Crippen molar-refractivity contribution in [1.29, 1.82) is 0 Å². The van der Waals surface area contributed by atoms with Crippen molar-refractivity contribution in [2.45, 2.75) is 11.4 Å². The number of hydrogen-bond acceptors (Lipinski definition) is 7. The molecule has 0 radical (unpaired) electrons. The summed E-state index contributed by atoms with van der Waals surface area (Å²) in [5.74, 6) is -1.30. The lowest BCUT2D eigenvalue weighted by atomic mass is 10.3. The molecule has 2 aromatic heterocycles. The van der Waals surface area contributed by atoms with Crippen LogP contribution in [0.15, 0.2) is 62.9 Å². The Morgan fingerprint density at radius 1 is 1.23 bits per heavy atom. The van der Waals surface area contributed by atoms with Crippen molar-refractivity contribution in [2.24, 2.45) is 5.14 Å². The zero-order chi connectivity index (χ0) is 18.7. The van der Waals surface area contributed by atoms with Crippen LogP contribution >= 0.6 is 0 Å². The van der Waals surface area contributed by atoms with Gasteiger partial charge in [0.25, 0.3) is 0 Å². The first-order valence-corrected chi connectivity index (χ1v) is 8.80. The van der Waals surface area contributed by atoms with Crippen molar-refractivity contribution >= 4 is 21.6 Å². The summed E-state index contributed by atoms with van der Waals surface area (Å²) < 4.78 is 28.4. The number of carbonyl (C=O) groups excluding carboxylic acids is 1.